The van der Waals surface area contributed by atoms with E-state index in [-0.39, 0.29) is 0 Å². The molecule has 0 saturated heterocycles. The third kappa shape index (κ3) is 5.38. The van der Waals surface area contributed by atoms with Gasteiger partial charge in [-0.15, -0.1) is 0 Å². The lowest BCUT2D eigenvalue weighted by Crippen LogP contribution is -1.94. The lowest BCUT2D eigenvalue weighted by atomic mass is 9.95. The fraction of sp³-hybridized carbons (Fsp3) is 0.429. The van der Waals surface area contributed by atoms with Crippen LogP contribution in [0.15, 0.2) is 48.5 Å². The Labute approximate surface area is 131 Å². The van der Waals surface area contributed by atoms with Crippen LogP contribution in [0.1, 0.15) is 75.6 Å². The molecule has 0 spiro atoms. The minimum absolute atomic E-state index is 0.599. The van der Waals surface area contributed by atoms with Gasteiger partial charge < -0.3 is 0 Å². The van der Waals surface area contributed by atoms with E-state index in [1.807, 2.05) is 13.8 Å². The van der Waals surface area contributed by atoms with Crippen molar-refractivity contribution in [2.24, 2.45) is 0 Å². The zero-order valence-corrected chi connectivity index (χ0v) is 14.5. The van der Waals surface area contributed by atoms with Crippen LogP contribution in [0.2, 0.25) is 0 Å². The summed E-state index contributed by atoms with van der Waals surface area (Å²) in [5.74, 6) is 1.20. The van der Waals surface area contributed by atoms with Crippen molar-refractivity contribution in [1.82, 2.24) is 0 Å². The maximum absolute atomic E-state index is 2.34. The Kier molecular flexibility index (Phi) is 7.22. The molecule has 0 atom stereocenters. The van der Waals surface area contributed by atoms with Crippen LogP contribution in [0.5, 0.6) is 0 Å². The largest absolute Gasteiger partial charge is 0.0683 e. The summed E-state index contributed by atoms with van der Waals surface area (Å²) in [6.07, 6.45) is 1.03. The third-order valence-electron chi connectivity index (χ3n) is 3.64. The topological polar surface area (TPSA) is 0 Å². The van der Waals surface area contributed by atoms with Gasteiger partial charge in [-0.05, 0) is 40.5 Å². The first-order valence-corrected chi connectivity index (χ1v) is 8.24. The number of rotatable bonds is 4. The maximum Gasteiger partial charge on any atom is -0.00256 e. The standard InChI is InChI=1S/C19H24.C2H6/c1-14(2)18-9-5-7-16(12-18)11-17-8-6-10-19(13-17)15(3)4;1-2/h5-10,12-15H,11H2,1-4H3;1-2H3. The van der Waals surface area contributed by atoms with Gasteiger partial charge in [0.2, 0.25) is 0 Å². The Hall–Kier alpha value is -1.56. The fourth-order valence-electron chi connectivity index (χ4n) is 2.36. The molecule has 0 aliphatic rings. The predicted molar refractivity (Wildman–Crippen MR) is 95.2 cm³/mol. The Balaban J connectivity index is 0.00000106. The Morgan fingerprint density at radius 3 is 1.38 bits per heavy atom. The van der Waals surface area contributed by atoms with Crippen LogP contribution in [0, 0.1) is 0 Å². The first-order chi connectivity index (χ1) is 10.1. The summed E-state index contributed by atoms with van der Waals surface area (Å²) >= 11 is 0. The maximum atomic E-state index is 2.34. The molecule has 0 aliphatic heterocycles. The zero-order chi connectivity index (χ0) is 15.8. The van der Waals surface area contributed by atoms with E-state index in [1.54, 1.807) is 0 Å². The molecule has 0 fully saturated rings. The second-order valence-electron chi connectivity index (χ2n) is 5.98. The molecule has 0 aliphatic carbocycles. The van der Waals surface area contributed by atoms with Crippen molar-refractivity contribution in [3.8, 4) is 0 Å². The van der Waals surface area contributed by atoms with Crippen LogP contribution >= 0.6 is 0 Å². The highest BCUT2D eigenvalue weighted by atomic mass is 14.1. The molecule has 0 radical (unpaired) electrons. The zero-order valence-electron chi connectivity index (χ0n) is 14.5. The smallest absolute Gasteiger partial charge is 0.00256 e. The van der Waals surface area contributed by atoms with E-state index >= 15 is 0 Å². The molecule has 2 rings (SSSR count). The monoisotopic (exact) mass is 282 g/mol. The molecule has 0 heterocycles. The molecule has 21 heavy (non-hydrogen) atoms. The molecule has 0 N–H and O–H groups in total. The summed E-state index contributed by atoms with van der Waals surface area (Å²) in [4.78, 5) is 0. The lowest BCUT2D eigenvalue weighted by Gasteiger charge is -2.10. The van der Waals surface area contributed by atoms with E-state index in [0.29, 0.717) is 11.8 Å². The van der Waals surface area contributed by atoms with Crippen molar-refractivity contribution in [3.05, 3.63) is 70.8 Å². The summed E-state index contributed by atoms with van der Waals surface area (Å²) in [6.45, 7) is 13.0. The van der Waals surface area contributed by atoms with Gasteiger partial charge in [0.25, 0.3) is 0 Å². The minimum atomic E-state index is 0.599. The van der Waals surface area contributed by atoms with Gasteiger partial charge in [-0.3, -0.25) is 0 Å². The summed E-state index contributed by atoms with van der Waals surface area (Å²) in [5.41, 5.74) is 5.68. The molecule has 2 aromatic carbocycles. The van der Waals surface area contributed by atoms with E-state index in [9.17, 15) is 0 Å². The second kappa shape index (κ2) is 8.67. The molecule has 0 heteroatoms. The van der Waals surface area contributed by atoms with Gasteiger partial charge in [-0.2, -0.15) is 0 Å². The molecule has 0 bridgehead atoms. The molecule has 0 aromatic heterocycles. The molecule has 2 aromatic rings. The number of hydrogen-bond acceptors (Lipinski definition) is 0. The van der Waals surface area contributed by atoms with Crippen LogP contribution in [-0.4, -0.2) is 0 Å². The molecule has 0 saturated carbocycles. The second-order valence-corrected chi connectivity index (χ2v) is 5.98. The molecule has 0 unspecified atom stereocenters. The fourth-order valence-corrected chi connectivity index (χ4v) is 2.36. The molecule has 0 nitrogen and oxygen atoms in total. The van der Waals surface area contributed by atoms with Crippen molar-refractivity contribution >= 4 is 0 Å². The van der Waals surface area contributed by atoms with Gasteiger partial charge >= 0.3 is 0 Å². The van der Waals surface area contributed by atoms with Crippen molar-refractivity contribution in [3.63, 3.8) is 0 Å². The first-order valence-electron chi connectivity index (χ1n) is 8.24. The summed E-state index contributed by atoms with van der Waals surface area (Å²) in [7, 11) is 0. The van der Waals surface area contributed by atoms with E-state index in [2.05, 4.69) is 76.2 Å². The predicted octanol–water partition coefficient (Wildman–Crippen LogP) is 6.55. The Bertz CT molecular complexity index is 486. The third-order valence-corrected chi connectivity index (χ3v) is 3.64. The molecular weight excluding hydrogens is 252 g/mol. The van der Waals surface area contributed by atoms with Crippen molar-refractivity contribution in [2.45, 2.75) is 59.8 Å². The SMILES string of the molecule is CC.CC(C)c1cccc(Cc2cccc(C(C)C)c2)c1. The van der Waals surface area contributed by atoms with Gasteiger partial charge in [0.05, 0.1) is 0 Å². The first kappa shape index (κ1) is 17.5. The number of benzene rings is 2. The van der Waals surface area contributed by atoms with E-state index < -0.39 is 0 Å². The highest BCUT2D eigenvalue weighted by molar-refractivity contribution is 5.33. The van der Waals surface area contributed by atoms with E-state index in [0.717, 1.165) is 6.42 Å². The van der Waals surface area contributed by atoms with Crippen molar-refractivity contribution in [1.29, 1.82) is 0 Å². The molecule has 114 valence electrons. The lowest BCUT2D eigenvalue weighted by molar-refractivity contribution is 0.859. The summed E-state index contributed by atoms with van der Waals surface area (Å²) in [6, 6.07) is 17.9. The quantitative estimate of drug-likeness (QED) is 0.596. The van der Waals surface area contributed by atoms with Gasteiger partial charge in [-0.25, -0.2) is 0 Å². The van der Waals surface area contributed by atoms with Crippen molar-refractivity contribution < 1.29 is 0 Å². The Morgan fingerprint density at radius 1 is 0.667 bits per heavy atom. The van der Waals surface area contributed by atoms with Crippen LogP contribution in [-0.2, 0) is 6.42 Å². The average molecular weight is 282 g/mol. The summed E-state index contributed by atoms with van der Waals surface area (Å²) in [5, 5.41) is 0. The van der Waals surface area contributed by atoms with Gasteiger partial charge in [0.1, 0.15) is 0 Å². The normalized spacial score (nSPS) is 10.5. The molecular formula is C21H30. The number of hydrogen-bond donors (Lipinski definition) is 0. The van der Waals surface area contributed by atoms with Gasteiger partial charge in [-0.1, -0.05) is 90.1 Å². The molecule has 0 amide bonds. The van der Waals surface area contributed by atoms with Gasteiger partial charge in [0.15, 0.2) is 0 Å². The highest BCUT2D eigenvalue weighted by Crippen LogP contribution is 2.20. The van der Waals surface area contributed by atoms with E-state index in [1.165, 1.54) is 22.3 Å². The van der Waals surface area contributed by atoms with Gasteiger partial charge in [0, 0.05) is 0 Å². The van der Waals surface area contributed by atoms with Crippen molar-refractivity contribution in [2.75, 3.05) is 0 Å². The van der Waals surface area contributed by atoms with Crippen LogP contribution in [0.3, 0.4) is 0 Å². The van der Waals surface area contributed by atoms with Crippen LogP contribution in [0.25, 0.3) is 0 Å². The minimum Gasteiger partial charge on any atom is -0.0683 e. The average Bonchev–Trinajstić information content (AvgIpc) is 2.50. The Morgan fingerprint density at radius 2 is 1.05 bits per heavy atom. The van der Waals surface area contributed by atoms with E-state index in [4.69, 9.17) is 0 Å². The summed E-state index contributed by atoms with van der Waals surface area (Å²) < 4.78 is 0. The highest BCUT2D eigenvalue weighted by Gasteiger charge is 2.03. The van der Waals surface area contributed by atoms with Crippen LogP contribution < -0.4 is 0 Å². The van der Waals surface area contributed by atoms with Crippen LogP contribution in [0.4, 0.5) is 0 Å².